The Morgan fingerprint density at radius 3 is 2.46 bits per heavy atom. The lowest BCUT2D eigenvalue weighted by Gasteiger charge is -2.39. The Morgan fingerprint density at radius 1 is 1.11 bits per heavy atom. The van der Waals surface area contributed by atoms with Crippen LogP contribution in [0.25, 0.3) is 0 Å². The second kappa shape index (κ2) is 10.8. The van der Waals surface area contributed by atoms with Gasteiger partial charge in [0, 0.05) is 57.4 Å². The molecule has 0 bridgehead atoms. The van der Waals surface area contributed by atoms with Crippen LogP contribution in [-0.4, -0.2) is 58.9 Å². The zero-order valence-electron chi connectivity index (χ0n) is 16.8. The third kappa shape index (κ3) is 5.41. The number of nitrogens with zero attached hydrogens (tertiary/aromatic N) is 3. The number of piperidine rings is 1. The molecular weight excluding hydrogens is 397 g/mol. The van der Waals surface area contributed by atoms with E-state index < -0.39 is 0 Å². The number of hydrogen-bond donors (Lipinski definition) is 2. The summed E-state index contributed by atoms with van der Waals surface area (Å²) < 4.78 is 1.82. The van der Waals surface area contributed by atoms with Crippen molar-refractivity contribution >= 4 is 30.7 Å². The molecule has 1 aliphatic carbocycles. The number of aromatic nitrogens is 2. The summed E-state index contributed by atoms with van der Waals surface area (Å²) in [4.78, 5) is 15.6. The lowest BCUT2D eigenvalue weighted by atomic mass is 9.89. The standard InChI is InChI=1S/C20H33N5O.2ClH/c1-24-14-15(11-22-24)18-12-21-13-19(18)20(26)23-16-7-9-25(10-8-16)17-5-3-2-4-6-17;;/h11,14,16-19,21H,2-10,12-13H2,1H3,(H,23,26);2*1H/t18-,19+;;/m1../s1. The van der Waals surface area contributed by atoms with Gasteiger partial charge in [-0.3, -0.25) is 9.48 Å². The van der Waals surface area contributed by atoms with Crippen molar-refractivity contribution in [3.63, 3.8) is 0 Å². The SMILES string of the molecule is Cl.Cl.Cn1cc([C@H]2CNC[C@@H]2C(=O)NC2CCN(C3CCCCC3)CC2)cn1. The zero-order valence-corrected chi connectivity index (χ0v) is 18.4. The number of likely N-dealkylation sites (tertiary alicyclic amines) is 1. The second-order valence-electron chi connectivity index (χ2n) is 8.43. The lowest BCUT2D eigenvalue weighted by molar-refractivity contribution is -0.125. The van der Waals surface area contributed by atoms with Crippen molar-refractivity contribution in [2.75, 3.05) is 26.2 Å². The van der Waals surface area contributed by atoms with Gasteiger partial charge in [0.1, 0.15) is 0 Å². The van der Waals surface area contributed by atoms with Gasteiger partial charge in [-0.25, -0.2) is 0 Å². The highest BCUT2D eigenvalue weighted by molar-refractivity contribution is 5.85. The van der Waals surface area contributed by atoms with Gasteiger partial charge in [0.15, 0.2) is 0 Å². The topological polar surface area (TPSA) is 62.2 Å². The Morgan fingerprint density at radius 2 is 1.82 bits per heavy atom. The first kappa shape index (κ1) is 23.5. The number of amides is 1. The molecule has 3 aliphatic rings. The summed E-state index contributed by atoms with van der Waals surface area (Å²) in [5, 5.41) is 11.0. The summed E-state index contributed by atoms with van der Waals surface area (Å²) in [6.07, 6.45) is 13.1. The highest BCUT2D eigenvalue weighted by atomic mass is 35.5. The van der Waals surface area contributed by atoms with Crippen LogP contribution in [0.2, 0.25) is 0 Å². The van der Waals surface area contributed by atoms with Crippen LogP contribution in [0.5, 0.6) is 0 Å². The van der Waals surface area contributed by atoms with Crippen molar-refractivity contribution < 1.29 is 4.79 Å². The van der Waals surface area contributed by atoms with E-state index in [1.54, 1.807) is 0 Å². The first-order valence-corrected chi connectivity index (χ1v) is 10.4. The van der Waals surface area contributed by atoms with Crippen LogP contribution in [0.15, 0.2) is 12.4 Å². The average molecular weight is 432 g/mol. The van der Waals surface area contributed by atoms with Crippen molar-refractivity contribution in [3.8, 4) is 0 Å². The largest absolute Gasteiger partial charge is 0.353 e. The number of aryl methyl sites for hydroxylation is 1. The smallest absolute Gasteiger partial charge is 0.225 e. The lowest BCUT2D eigenvalue weighted by Crippen LogP contribution is -2.49. The molecule has 6 nitrogen and oxygen atoms in total. The fourth-order valence-corrected chi connectivity index (χ4v) is 5.10. The molecule has 3 heterocycles. The van der Waals surface area contributed by atoms with Crippen LogP contribution in [-0.2, 0) is 11.8 Å². The van der Waals surface area contributed by atoms with E-state index in [1.807, 2.05) is 24.1 Å². The molecule has 1 saturated carbocycles. The van der Waals surface area contributed by atoms with E-state index >= 15 is 0 Å². The van der Waals surface area contributed by atoms with Crippen molar-refractivity contribution in [1.82, 2.24) is 25.3 Å². The van der Waals surface area contributed by atoms with E-state index in [-0.39, 0.29) is 42.6 Å². The average Bonchev–Trinajstić information content (AvgIpc) is 3.32. The van der Waals surface area contributed by atoms with Crippen LogP contribution in [0.1, 0.15) is 56.4 Å². The molecule has 2 N–H and O–H groups in total. The highest BCUT2D eigenvalue weighted by Gasteiger charge is 2.36. The Hall–Kier alpha value is -0.820. The van der Waals surface area contributed by atoms with Crippen molar-refractivity contribution in [2.24, 2.45) is 13.0 Å². The summed E-state index contributed by atoms with van der Waals surface area (Å²) in [6.45, 7) is 3.92. The van der Waals surface area contributed by atoms with Gasteiger partial charge in [0.25, 0.3) is 0 Å². The van der Waals surface area contributed by atoms with Gasteiger partial charge in [-0.2, -0.15) is 5.10 Å². The fourth-order valence-electron chi connectivity index (χ4n) is 5.10. The molecule has 3 fully saturated rings. The molecule has 1 amide bonds. The minimum absolute atomic E-state index is 0. The first-order chi connectivity index (χ1) is 12.7. The molecule has 2 aliphatic heterocycles. The van der Waals surface area contributed by atoms with Crippen LogP contribution in [0, 0.1) is 5.92 Å². The Kier molecular flexibility index (Phi) is 9.06. The van der Waals surface area contributed by atoms with Gasteiger partial charge in [0.05, 0.1) is 12.1 Å². The van der Waals surface area contributed by atoms with E-state index in [0.29, 0.717) is 6.04 Å². The third-order valence-corrected chi connectivity index (χ3v) is 6.67. The molecule has 160 valence electrons. The predicted octanol–water partition coefficient (Wildman–Crippen LogP) is 2.48. The fraction of sp³-hybridized carbons (Fsp3) is 0.800. The summed E-state index contributed by atoms with van der Waals surface area (Å²) in [6, 6.07) is 1.15. The molecule has 2 saturated heterocycles. The number of carbonyl (C=O) groups is 1. The highest BCUT2D eigenvalue weighted by Crippen LogP contribution is 2.29. The normalized spacial score (nSPS) is 27.0. The minimum atomic E-state index is 0. The van der Waals surface area contributed by atoms with Crippen molar-refractivity contribution in [2.45, 2.75) is 62.9 Å². The van der Waals surface area contributed by atoms with E-state index in [9.17, 15) is 4.79 Å². The molecule has 0 unspecified atom stereocenters. The summed E-state index contributed by atoms with van der Waals surface area (Å²) in [5.74, 6) is 0.488. The van der Waals surface area contributed by atoms with Crippen LogP contribution in [0.4, 0.5) is 0 Å². The molecule has 1 aromatic rings. The van der Waals surface area contributed by atoms with Crippen molar-refractivity contribution in [1.29, 1.82) is 0 Å². The molecule has 28 heavy (non-hydrogen) atoms. The maximum absolute atomic E-state index is 12.9. The molecule has 4 rings (SSSR count). The molecule has 1 aromatic heterocycles. The Labute approximate surface area is 181 Å². The Balaban J connectivity index is 0.00000140. The van der Waals surface area contributed by atoms with Gasteiger partial charge >= 0.3 is 0 Å². The van der Waals surface area contributed by atoms with Gasteiger partial charge < -0.3 is 15.5 Å². The van der Waals surface area contributed by atoms with E-state index in [2.05, 4.69) is 20.6 Å². The molecule has 0 radical (unpaired) electrons. The minimum Gasteiger partial charge on any atom is -0.353 e. The number of carbonyl (C=O) groups excluding carboxylic acids is 1. The van der Waals surface area contributed by atoms with Crippen molar-refractivity contribution in [3.05, 3.63) is 18.0 Å². The van der Waals surface area contributed by atoms with Crippen LogP contribution < -0.4 is 10.6 Å². The van der Waals surface area contributed by atoms with Gasteiger partial charge in [0.2, 0.25) is 5.91 Å². The predicted molar refractivity (Wildman–Crippen MR) is 116 cm³/mol. The van der Waals surface area contributed by atoms with E-state index in [1.165, 1.54) is 37.7 Å². The number of halogens is 2. The molecule has 2 atom stereocenters. The quantitative estimate of drug-likeness (QED) is 0.768. The molecule has 8 heteroatoms. The van der Waals surface area contributed by atoms with E-state index in [0.717, 1.165) is 45.1 Å². The molecule has 0 spiro atoms. The molecular formula is C20H35Cl2N5O. The van der Waals surface area contributed by atoms with Crippen LogP contribution >= 0.6 is 24.8 Å². The Bertz CT molecular complexity index is 611. The maximum Gasteiger partial charge on any atom is 0.225 e. The first-order valence-electron chi connectivity index (χ1n) is 10.4. The van der Waals surface area contributed by atoms with Crippen LogP contribution in [0.3, 0.4) is 0 Å². The summed E-state index contributed by atoms with van der Waals surface area (Å²) >= 11 is 0. The second-order valence-corrected chi connectivity index (χ2v) is 8.43. The van der Waals surface area contributed by atoms with Gasteiger partial charge in [-0.15, -0.1) is 24.8 Å². The van der Waals surface area contributed by atoms with Gasteiger partial charge in [-0.1, -0.05) is 19.3 Å². The number of nitrogens with one attached hydrogen (secondary N) is 2. The summed E-state index contributed by atoms with van der Waals surface area (Å²) in [7, 11) is 1.93. The monoisotopic (exact) mass is 431 g/mol. The summed E-state index contributed by atoms with van der Waals surface area (Å²) in [5.41, 5.74) is 1.17. The number of rotatable bonds is 4. The third-order valence-electron chi connectivity index (χ3n) is 6.67. The van der Waals surface area contributed by atoms with E-state index in [4.69, 9.17) is 0 Å². The maximum atomic E-state index is 12.9. The van der Waals surface area contributed by atoms with Gasteiger partial charge in [-0.05, 0) is 31.2 Å². The number of hydrogen-bond acceptors (Lipinski definition) is 4. The molecule has 0 aromatic carbocycles. The zero-order chi connectivity index (χ0) is 17.9.